The summed E-state index contributed by atoms with van der Waals surface area (Å²) in [6.45, 7) is 3.61. The molecule has 2 aromatic carbocycles. The normalized spacial score (nSPS) is 28.8. The first-order valence-electron chi connectivity index (χ1n) is 12.7. The summed E-state index contributed by atoms with van der Waals surface area (Å²) in [5, 5.41) is 16.2. The number of likely N-dealkylation sites (tertiary alicyclic amines) is 1. The van der Waals surface area contributed by atoms with Gasteiger partial charge in [0, 0.05) is 16.6 Å². The maximum Gasteiger partial charge on any atom is 0.248 e. The number of methoxy groups -OCH3 is 1. The van der Waals surface area contributed by atoms with E-state index >= 15 is 0 Å². The third kappa shape index (κ3) is 4.28. The monoisotopic (exact) mass is 523 g/mol. The molecule has 0 aliphatic carbocycles. The van der Waals surface area contributed by atoms with Gasteiger partial charge in [-0.05, 0) is 55.2 Å². The molecule has 9 heteroatoms. The first-order valence-corrected chi connectivity index (χ1v) is 13.6. The molecule has 196 valence electrons. The topological polar surface area (TPSA) is 108 Å². The highest BCUT2D eigenvalue weighted by molar-refractivity contribution is 8.02. The number of hydrogen-bond donors (Lipinski definition) is 3. The van der Waals surface area contributed by atoms with E-state index in [1.54, 1.807) is 48.0 Å². The Balaban J connectivity index is 1.49. The maximum absolute atomic E-state index is 14.1. The minimum absolute atomic E-state index is 0.0391. The molecule has 0 saturated carbocycles. The molecule has 8 nitrogen and oxygen atoms in total. The molecule has 6 atom stereocenters. The Bertz CT molecular complexity index is 1170. The van der Waals surface area contributed by atoms with Crippen molar-refractivity contribution in [1.29, 1.82) is 0 Å². The van der Waals surface area contributed by atoms with E-state index in [1.165, 1.54) is 0 Å². The summed E-state index contributed by atoms with van der Waals surface area (Å²) in [6.07, 6.45) is 1.42. The molecule has 3 amide bonds. The number of benzene rings is 2. The number of carbonyl (C=O) groups excluding carboxylic acids is 3. The summed E-state index contributed by atoms with van der Waals surface area (Å²) in [4.78, 5) is 43.2. The molecule has 0 aromatic heterocycles. The van der Waals surface area contributed by atoms with Crippen LogP contribution < -0.4 is 15.4 Å². The van der Waals surface area contributed by atoms with Crippen LogP contribution in [0.3, 0.4) is 0 Å². The number of thioether (sulfide) groups is 1. The number of fused-ring (bicyclic) bond motifs is 1. The third-order valence-corrected chi connectivity index (χ3v) is 9.95. The van der Waals surface area contributed by atoms with E-state index in [1.807, 2.05) is 44.2 Å². The second kappa shape index (κ2) is 10.0. The number of ether oxygens (including phenoxy) is 1. The molecule has 3 fully saturated rings. The van der Waals surface area contributed by atoms with Crippen molar-refractivity contribution in [1.82, 2.24) is 4.90 Å². The van der Waals surface area contributed by atoms with Crippen molar-refractivity contribution in [2.75, 3.05) is 24.4 Å². The lowest BCUT2D eigenvalue weighted by Crippen LogP contribution is -2.56. The summed E-state index contributed by atoms with van der Waals surface area (Å²) in [6, 6.07) is 14.9. The fraction of sp³-hybridized carbons (Fsp3) is 0.464. The number of carbonyl (C=O) groups is 3. The molecule has 3 N–H and O–H groups in total. The molecule has 1 spiro atoms. The highest BCUT2D eigenvalue weighted by Gasteiger charge is 2.74. The number of nitrogens with zero attached hydrogens (tertiary/aromatic N) is 1. The number of aliphatic hydroxyl groups is 1. The second-order valence-electron chi connectivity index (χ2n) is 10.4. The highest BCUT2D eigenvalue weighted by atomic mass is 32.2. The van der Waals surface area contributed by atoms with Gasteiger partial charge >= 0.3 is 0 Å². The fourth-order valence-electron chi connectivity index (χ4n) is 6.30. The van der Waals surface area contributed by atoms with Gasteiger partial charge in [0.15, 0.2) is 0 Å². The van der Waals surface area contributed by atoms with E-state index in [0.717, 1.165) is 6.42 Å². The third-order valence-electron chi connectivity index (χ3n) is 8.00. The minimum Gasteiger partial charge on any atom is -0.497 e. The molecule has 2 aromatic rings. The zero-order chi connectivity index (χ0) is 26.3. The van der Waals surface area contributed by atoms with Gasteiger partial charge in [0.2, 0.25) is 17.7 Å². The molecule has 3 heterocycles. The SMILES string of the molecule is COc1ccc(NC(=O)C2N([C@@H](CO)C(C)C)C(=O)[C@@H]3[C@@H](C(=O)Nc4ccccc4)[C@H]4CCC23S4)cc1. The Labute approximate surface area is 221 Å². The molecule has 3 saturated heterocycles. The number of para-hydroxylation sites is 1. The molecular weight excluding hydrogens is 490 g/mol. The average Bonchev–Trinajstić information content (AvgIpc) is 3.53. The second-order valence-corrected chi connectivity index (χ2v) is 12.0. The smallest absolute Gasteiger partial charge is 0.248 e. The fourth-order valence-corrected chi connectivity index (χ4v) is 8.51. The summed E-state index contributed by atoms with van der Waals surface area (Å²) in [5.74, 6) is -1.27. The van der Waals surface area contributed by atoms with E-state index in [2.05, 4.69) is 10.6 Å². The molecule has 3 aliphatic heterocycles. The number of rotatable bonds is 8. The van der Waals surface area contributed by atoms with Gasteiger partial charge < -0.3 is 25.4 Å². The van der Waals surface area contributed by atoms with Gasteiger partial charge in [0.1, 0.15) is 11.8 Å². The Hall–Kier alpha value is -3.04. The van der Waals surface area contributed by atoms with Gasteiger partial charge in [0.05, 0.1) is 36.3 Å². The Kier molecular flexibility index (Phi) is 6.93. The molecule has 0 radical (unpaired) electrons. The van der Waals surface area contributed by atoms with Crippen molar-refractivity contribution >= 4 is 40.9 Å². The summed E-state index contributed by atoms with van der Waals surface area (Å²) in [5.41, 5.74) is 1.28. The summed E-state index contributed by atoms with van der Waals surface area (Å²) < 4.78 is 4.49. The van der Waals surface area contributed by atoms with Crippen LogP contribution in [0.1, 0.15) is 26.7 Å². The molecule has 3 aliphatic rings. The van der Waals surface area contributed by atoms with Crippen LogP contribution in [0.15, 0.2) is 54.6 Å². The van der Waals surface area contributed by atoms with Crippen molar-refractivity contribution in [3.8, 4) is 5.75 Å². The quantitative estimate of drug-likeness (QED) is 0.490. The minimum atomic E-state index is -0.795. The molecule has 2 bridgehead atoms. The number of hydrogen-bond acceptors (Lipinski definition) is 6. The van der Waals surface area contributed by atoms with E-state index in [9.17, 15) is 19.5 Å². The first kappa shape index (κ1) is 25.6. The standard InChI is InChI=1S/C28H33N3O5S/c1-16(2)20(15-32)31-24(26(34)30-18-9-11-19(36-3)12-10-18)28-14-13-21(37-28)22(23(28)27(31)35)25(33)29-17-7-5-4-6-8-17/h4-12,16,20-24,32H,13-15H2,1-3H3,(H,29,33)(H,30,34)/t20-,21+,22-,23-,24?,28?/m0/s1. The Morgan fingerprint density at radius 1 is 1.08 bits per heavy atom. The predicted molar refractivity (Wildman–Crippen MR) is 143 cm³/mol. The maximum atomic E-state index is 14.1. The Morgan fingerprint density at radius 3 is 2.35 bits per heavy atom. The summed E-state index contributed by atoms with van der Waals surface area (Å²) >= 11 is 1.61. The van der Waals surface area contributed by atoms with Crippen molar-refractivity contribution in [2.24, 2.45) is 17.8 Å². The lowest BCUT2D eigenvalue weighted by atomic mass is 9.70. The lowest BCUT2D eigenvalue weighted by Gasteiger charge is -2.38. The van der Waals surface area contributed by atoms with Crippen LogP contribution in [-0.4, -0.2) is 63.5 Å². The van der Waals surface area contributed by atoms with Crippen LogP contribution in [0, 0.1) is 17.8 Å². The largest absolute Gasteiger partial charge is 0.497 e. The van der Waals surface area contributed by atoms with E-state index < -0.39 is 28.7 Å². The van der Waals surface area contributed by atoms with Crippen molar-refractivity contribution in [3.63, 3.8) is 0 Å². The molecular formula is C28H33N3O5S. The predicted octanol–water partition coefficient (Wildman–Crippen LogP) is 3.38. The molecule has 37 heavy (non-hydrogen) atoms. The average molecular weight is 524 g/mol. The van der Waals surface area contributed by atoms with E-state index in [-0.39, 0.29) is 35.5 Å². The van der Waals surface area contributed by atoms with Gasteiger partial charge in [-0.25, -0.2) is 0 Å². The van der Waals surface area contributed by atoms with Crippen LogP contribution in [0.4, 0.5) is 11.4 Å². The van der Waals surface area contributed by atoms with Gasteiger partial charge in [-0.1, -0.05) is 32.0 Å². The van der Waals surface area contributed by atoms with E-state index in [0.29, 0.717) is 23.5 Å². The van der Waals surface area contributed by atoms with Gasteiger partial charge in [-0.3, -0.25) is 14.4 Å². The molecule has 5 rings (SSSR count). The van der Waals surface area contributed by atoms with Crippen molar-refractivity contribution < 1.29 is 24.2 Å². The van der Waals surface area contributed by atoms with Gasteiger partial charge in [-0.2, -0.15) is 0 Å². The van der Waals surface area contributed by atoms with Gasteiger partial charge in [-0.15, -0.1) is 11.8 Å². The highest BCUT2D eigenvalue weighted by Crippen LogP contribution is 2.66. The van der Waals surface area contributed by atoms with Crippen LogP contribution in [0.5, 0.6) is 5.75 Å². The lowest BCUT2D eigenvalue weighted by molar-refractivity contribution is -0.142. The number of anilines is 2. The first-order chi connectivity index (χ1) is 17.8. The van der Waals surface area contributed by atoms with Crippen LogP contribution in [-0.2, 0) is 14.4 Å². The number of nitrogens with one attached hydrogen (secondary N) is 2. The van der Waals surface area contributed by atoms with Crippen molar-refractivity contribution in [3.05, 3.63) is 54.6 Å². The summed E-state index contributed by atoms with van der Waals surface area (Å²) in [7, 11) is 1.58. The van der Waals surface area contributed by atoms with Crippen LogP contribution in [0.2, 0.25) is 0 Å². The number of amides is 3. The van der Waals surface area contributed by atoms with E-state index in [4.69, 9.17) is 4.74 Å². The van der Waals surface area contributed by atoms with Crippen molar-refractivity contribution in [2.45, 2.75) is 48.8 Å². The Morgan fingerprint density at radius 2 is 1.73 bits per heavy atom. The van der Waals surface area contributed by atoms with Crippen LogP contribution >= 0.6 is 11.8 Å². The molecule has 2 unspecified atom stereocenters. The zero-order valence-electron chi connectivity index (χ0n) is 21.2. The number of aliphatic hydroxyl groups excluding tert-OH is 1. The zero-order valence-corrected chi connectivity index (χ0v) is 22.0. The van der Waals surface area contributed by atoms with Crippen LogP contribution in [0.25, 0.3) is 0 Å². The van der Waals surface area contributed by atoms with Gasteiger partial charge in [0.25, 0.3) is 0 Å².